The molecule has 3 N–H and O–H groups in total. The summed E-state index contributed by atoms with van der Waals surface area (Å²) in [5.74, 6) is 0. The molecule has 0 bridgehead atoms. The first-order valence-electron chi connectivity index (χ1n) is 1.49. The molecule has 0 aromatic rings. The zero-order valence-electron chi connectivity index (χ0n) is 3.48. The number of halogens is 3. The van der Waals surface area contributed by atoms with Crippen molar-refractivity contribution < 1.29 is 28.5 Å². The topological polar surface area (TPSA) is 60.7 Å². The van der Waals surface area contributed by atoms with Crippen LogP contribution in [0.4, 0.5) is 13.2 Å². The van der Waals surface area contributed by atoms with Crippen molar-refractivity contribution in [3.8, 4) is 0 Å². The van der Waals surface area contributed by atoms with Crippen molar-refractivity contribution >= 4 is 0 Å². The Balaban J connectivity index is 4.02. The lowest BCUT2D eigenvalue weighted by Gasteiger charge is -2.15. The van der Waals surface area contributed by atoms with E-state index in [-0.39, 0.29) is 0 Å². The number of rotatable bonds is 1. The second-order valence-electron chi connectivity index (χ2n) is 1.13. The monoisotopic (exact) mass is 132 g/mol. The SMILES string of the molecule is OC(O)(F)C(O)(F)F. The van der Waals surface area contributed by atoms with Gasteiger partial charge < -0.3 is 15.3 Å². The van der Waals surface area contributed by atoms with E-state index in [1.165, 1.54) is 0 Å². The highest BCUT2D eigenvalue weighted by Gasteiger charge is 2.51. The normalized spacial score (nSPS) is 14.2. The summed E-state index contributed by atoms with van der Waals surface area (Å²) in [6.45, 7) is 0. The smallest absolute Gasteiger partial charge is 0.333 e. The molecule has 0 spiro atoms. The number of hydrogen-bond donors (Lipinski definition) is 3. The lowest BCUT2D eigenvalue weighted by molar-refractivity contribution is -0.434. The van der Waals surface area contributed by atoms with Crippen molar-refractivity contribution in [2.24, 2.45) is 0 Å². The predicted octanol–water partition coefficient (Wildman–Crippen LogP) is -0.821. The van der Waals surface area contributed by atoms with E-state index < -0.39 is 12.1 Å². The summed E-state index contributed by atoms with van der Waals surface area (Å²) in [6.07, 6.45) is -5.12. The Hall–Kier alpha value is -0.330. The molecular weight excluding hydrogens is 129 g/mol. The van der Waals surface area contributed by atoms with Crippen molar-refractivity contribution in [1.29, 1.82) is 0 Å². The molecule has 0 aliphatic rings. The van der Waals surface area contributed by atoms with Crippen LogP contribution in [-0.4, -0.2) is 27.5 Å². The summed E-state index contributed by atoms with van der Waals surface area (Å²) in [5, 5.41) is 21.6. The first-order valence-corrected chi connectivity index (χ1v) is 1.49. The van der Waals surface area contributed by atoms with Gasteiger partial charge in [0.25, 0.3) is 0 Å². The Morgan fingerprint density at radius 1 is 0.875 bits per heavy atom. The minimum absolute atomic E-state index is 4.84. The van der Waals surface area contributed by atoms with Crippen molar-refractivity contribution in [3.05, 3.63) is 0 Å². The Labute approximate surface area is 42.0 Å². The van der Waals surface area contributed by atoms with Crippen molar-refractivity contribution in [2.45, 2.75) is 12.1 Å². The summed E-state index contributed by atoms with van der Waals surface area (Å²) in [4.78, 5) is 0. The molecule has 0 atom stereocenters. The van der Waals surface area contributed by atoms with E-state index in [1.807, 2.05) is 0 Å². The standard InChI is InChI=1S/C2H3F3O3/c3-1(4,6)2(5,7)8/h6-8H. The largest absolute Gasteiger partial charge is 0.440 e. The Morgan fingerprint density at radius 2 is 1.00 bits per heavy atom. The maximum atomic E-state index is 11.0. The molecule has 0 radical (unpaired) electrons. The zero-order chi connectivity index (χ0) is 7.00. The van der Waals surface area contributed by atoms with Crippen molar-refractivity contribution in [3.63, 3.8) is 0 Å². The molecule has 6 heteroatoms. The maximum absolute atomic E-state index is 11.0. The summed E-state index contributed by atoms with van der Waals surface area (Å²) in [6, 6.07) is -4.84. The Bertz CT molecular complexity index is 67.5. The van der Waals surface area contributed by atoms with Gasteiger partial charge >= 0.3 is 12.1 Å². The van der Waals surface area contributed by atoms with Gasteiger partial charge in [-0.2, -0.15) is 13.2 Å². The molecule has 0 aromatic heterocycles. The van der Waals surface area contributed by atoms with Crippen LogP contribution in [0.1, 0.15) is 0 Å². The van der Waals surface area contributed by atoms with Gasteiger partial charge in [0.15, 0.2) is 0 Å². The van der Waals surface area contributed by atoms with Crippen molar-refractivity contribution in [2.75, 3.05) is 0 Å². The highest BCUT2D eigenvalue weighted by atomic mass is 19.3. The molecule has 0 saturated carbocycles. The van der Waals surface area contributed by atoms with Gasteiger partial charge in [0, 0.05) is 0 Å². The quantitative estimate of drug-likeness (QED) is 0.408. The van der Waals surface area contributed by atoms with Crippen LogP contribution in [0.15, 0.2) is 0 Å². The third-order valence-electron chi connectivity index (χ3n) is 0.383. The molecule has 0 saturated heterocycles. The molecular formula is C2H3F3O3. The van der Waals surface area contributed by atoms with Gasteiger partial charge in [0.1, 0.15) is 0 Å². The molecule has 3 nitrogen and oxygen atoms in total. The fourth-order valence-corrected chi connectivity index (χ4v) is 0. The van der Waals surface area contributed by atoms with E-state index in [1.54, 1.807) is 0 Å². The van der Waals surface area contributed by atoms with Gasteiger partial charge in [-0.1, -0.05) is 0 Å². The lowest BCUT2D eigenvalue weighted by Crippen LogP contribution is -2.43. The molecule has 0 unspecified atom stereocenters. The average molecular weight is 132 g/mol. The molecule has 8 heavy (non-hydrogen) atoms. The lowest BCUT2D eigenvalue weighted by atomic mass is 10.6. The summed E-state index contributed by atoms with van der Waals surface area (Å²) < 4.78 is 32.8. The van der Waals surface area contributed by atoms with E-state index in [9.17, 15) is 13.2 Å². The van der Waals surface area contributed by atoms with E-state index in [0.717, 1.165) is 0 Å². The van der Waals surface area contributed by atoms with E-state index in [2.05, 4.69) is 0 Å². The highest BCUT2D eigenvalue weighted by Crippen LogP contribution is 2.23. The summed E-state index contributed by atoms with van der Waals surface area (Å²) in [7, 11) is 0. The molecule has 0 aliphatic carbocycles. The van der Waals surface area contributed by atoms with E-state index in [0.29, 0.717) is 0 Å². The van der Waals surface area contributed by atoms with Crippen LogP contribution in [0, 0.1) is 0 Å². The predicted molar refractivity (Wildman–Crippen MR) is 15.4 cm³/mol. The van der Waals surface area contributed by atoms with Crippen LogP contribution in [0.5, 0.6) is 0 Å². The molecule has 50 valence electrons. The van der Waals surface area contributed by atoms with Crippen LogP contribution in [0.25, 0.3) is 0 Å². The maximum Gasteiger partial charge on any atom is 0.440 e. The fraction of sp³-hybridized carbons (Fsp3) is 1.00. The first kappa shape index (κ1) is 7.67. The van der Waals surface area contributed by atoms with Crippen LogP contribution >= 0.6 is 0 Å². The summed E-state index contributed by atoms with van der Waals surface area (Å²) >= 11 is 0. The number of hydrogen-bond acceptors (Lipinski definition) is 3. The van der Waals surface area contributed by atoms with Gasteiger partial charge in [-0.3, -0.25) is 0 Å². The molecule has 0 aliphatic heterocycles. The van der Waals surface area contributed by atoms with Crippen LogP contribution in [-0.2, 0) is 0 Å². The van der Waals surface area contributed by atoms with Crippen LogP contribution in [0.2, 0.25) is 0 Å². The molecule has 0 aromatic carbocycles. The summed E-state index contributed by atoms with van der Waals surface area (Å²) in [5.41, 5.74) is 0. The number of aliphatic hydroxyl groups is 3. The highest BCUT2D eigenvalue weighted by molar-refractivity contribution is 4.57. The van der Waals surface area contributed by atoms with Crippen LogP contribution in [0.3, 0.4) is 0 Å². The fourth-order valence-electron chi connectivity index (χ4n) is 0. The minimum atomic E-state index is -5.12. The minimum Gasteiger partial charge on any atom is -0.333 e. The van der Waals surface area contributed by atoms with Crippen molar-refractivity contribution in [1.82, 2.24) is 0 Å². The van der Waals surface area contributed by atoms with E-state index in [4.69, 9.17) is 15.3 Å². The second kappa shape index (κ2) is 1.57. The second-order valence-corrected chi connectivity index (χ2v) is 1.13. The van der Waals surface area contributed by atoms with Crippen LogP contribution < -0.4 is 0 Å². The molecule has 0 fully saturated rings. The van der Waals surface area contributed by atoms with Gasteiger partial charge in [-0.15, -0.1) is 0 Å². The molecule has 0 heterocycles. The molecule has 0 rings (SSSR count). The third kappa shape index (κ3) is 1.65. The van der Waals surface area contributed by atoms with Gasteiger partial charge in [-0.05, 0) is 0 Å². The molecule has 0 amide bonds. The van der Waals surface area contributed by atoms with Gasteiger partial charge in [0.2, 0.25) is 0 Å². The first-order chi connectivity index (χ1) is 3.25. The van der Waals surface area contributed by atoms with Gasteiger partial charge in [-0.25, -0.2) is 0 Å². The zero-order valence-corrected chi connectivity index (χ0v) is 3.48. The third-order valence-corrected chi connectivity index (χ3v) is 0.383. The van der Waals surface area contributed by atoms with E-state index >= 15 is 0 Å². The van der Waals surface area contributed by atoms with Gasteiger partial charge in [0.05, 0.1) is 0 Å². The number of alkyl halides is 3. The average Bonchev–Trinajstić information content (AvgIpc) is 1.25. The Morgan fingerprint density at radius 3 is 1.00 bits per heavy atom. The Kier molecular flexibility index (Phi) is 1.51.